The van der Waals surface area contributed by atoms with E-state index in [-0.39, 0.29) is 13.3 Å². The van der Waals surface area contributed by atoms with E-state index in [1.54, 1.807) is 6.07 Å². The number of hydrogen-bond donors (Lipinski definition) is 1. The summed E-state index contributed by atoms with van der Waals surface area (Å²) >= 11 is 0. The fraction of sp³-hybridized carbons (Fsp3) is 0.333. The Kier molecular flexibility index (Phi) is 3.20. The lowest BCUT2D eigenvalue weighted by atomic mass is 10.3. The molecule has 100 valence electrons. The van der Waals surface area contributed by atoms with Gasteiger partial charge in [0.15, 0.2) is 11.5 Å². The van der Waals surface area contributed by atoms with E-state index in [9.17, 15) is 0 Å². The minimum Gasteiger partial charge on any atom is -0.493 e. The van der Waals surface area contributed by atoms with Gasteiger partial charge in [0.2, 0.25) is 18.6 Å². The number of hydrogen-bond acceptors (Lipinski definition) is 7. The van der Waals surface area contributed by atoms with E-state index in [2.05, 4.69) is 10.2 Å². The van der Waals surface area contributed by atoms with E-state index < -0.39 is 0 Å². The molecule has 3 rings (SSSR count). The Morgan fingerprint density at radius 1 is 1.16 bits per heavy atom. The van der Waals surface area contributed by atoms with Gasteiger partial charge < -0.3 is 24.4 Å². The average molecular weight is 263 g/mol. The minimum atomic E-state index is 0.246. The molecule has 1 aliphatic heterocycles. The van der Waals surface area contributed by atoms with E-state index in [0.29, 0.717) is 36.3 Å². The summed E-state index contributed by atoms with van der Waals surface area (Å²) in [7, 11) is 0. The number of rotatable bonds is 5. The van der Waals surface area contributed by atoms with E-state index in [1.807, 2.05) is 12.1 Å². The lowest BCUT2D eigenvalue weighted by Crippen LogP contribution is -2.01. The first-order chi connectivity index (χ1) is 9.35. The maximum absolute atomic E-state index is 5.58. The van der Waals surface area contributed by atoms with Crippen molar-refractivity contribution >= 4 is 0 Å². The first-order valence-corrected chi connectivity index (χ1v) is 5.89. The first-order valence-electron chi connectivity index (χ1n) is 5.89. The van der Waals surface area contributed by atoms with Crippen molar-refractivity contribution < 1.29 is 18.6 Å². The highest BCUT2D eigenvalue weighted by molar-refractivity contribution is 5.46. The molecule has 2 heterocycles. The first kappa shape index (κ1) is 11.8. The highest BCUT2D eigenvalue weighted by atomic mass is 16.7. The molecule has 7 nitrogen and oxygen atoms in total. The zero-order valence-corrected chi connectivity index (χ0v) is 10.2. The van der Waals surface area contributed by atoms with Gasteiger partial charge in [-0.3, -0.25) is 0 Å². The highest BCUT2D eigenvalue weighted by Crippen LogP contribution is 2.35. The van der Waals surface area contributed by atoms with Gasteiger partial charge in [-0.1, -0.05) is 0 Å². The Hall–Kier alpha value is -2.28. The quantitative estimate of drug-likeness (QED) is 0.855. The number of benzene rings is 1. The molecule has 0 bridgehead atoms. The van der Waals surface area contributed by atoms with Crippen molar-refractivity contribution in [3.05, 3.63) is 30.0 Å². The fourth-order valence-corrected chi connectivity index (χ4v) is 1.69. The molecule has 0 amide bonds. The highest BCUT2D eigenvalue weighted by Gasteiger charge is 2.13. The topological polar surface area (TPSA) is 92.6 Å². The molecule has 0 fully saturated rings. The maximum Gasteiger partial charge on any atom is 0.231 e. The van der Waals surface area contributed by atoms with Crippen molar-refractivity contribution in [2.45, 2.75) is 13.0 Å². The van der Waals surface area contributed by atoms with Crippen LogP contribution >= 0.6 is 0 Å². The SMILES string of the molecule is NCc1nnc(CCOc2ccc3c(c2)OCO3)o1. The summed E-state index contributed by atoms with van der Waals surface area (Å²) in [4.78, 5) is 0. The summed E-state index contributed by atoms with van der Waals surface area (Å²) in [6, 6.07) is 5.44. The largest absolute Gasteiger partial charge is 0.493 e. The predicted octanol–water partition coefficient (Wildman–Crippen LogP) is 0.878. The van der Waals surface area contributed by atoms with Crippen LogP contribution in [0.1, 0.15) is 11.8 Å². The van der Waals surface area contributed by atoms with Gasteiger partial charge in [-0.05, 0) is 12.1 Å². The van der Waals surface area contributed by atoms with Gasteiger partial charge in [0, 0.05) is 6.07 Å². The molecular weight excluding hydrogens is 250 g/mol. The van der Waals surface area contributed by atoms with E-state index in [0.717, 1.165) is 5.75 Å². The second-order valence-electron chi connectivity index (χ2n) is 3.91. The van der Waals surface area contributed by atoms with Crippen LogP contribution in [-0.2, 0) is 13.0 Å². The van der Waals surface area contributed by atoms with Crippen LogP contribution in [0.25, 0.3) is 0 Å². The smallest absolute Gasteiger partial charge is 0.231 e. The Morgan fingerprint density at radius 3 is 2.84 bits per heavy atom. The van der Waals surface area contributed by atoms with Crippen LogP contribution in [0.2, 0.25) is 0 Å². The van der Waals surface area contributed by atoms with Gasteiger partial charge in [-0.15, -0.1) is 10.2 Å². The molecule has 0 aliphatic carbocycles. The van der Waals surface area contributed by atoms with Gasteiger partial charge in [0.25, 0.3) is 0 Å². The predicted molar refractivity (Wildman–Crippen MR) is 64.0 cm³/mol. The third-order valence-corrected chi connectivity index (χ3v) is 2.61. The summed E-state index contributed by atoms with van der Waals surface area (Å²) in [5.41, 5.74) is 5.38. The van der Waals surface area contributed by atoms with Gasteiger partial charge in [0.05, 0.1) is 19.6 Å². The molecule has 1 aliphatic rings. The zero-order valence-electron chi connectivity index (χ0n) is 10.2. The van der Waals surface area contributed by atoms with Crippen LogP contribution in [0.5, 0.6) is 17.2 Å². The van der Waals surface area contributed by atoms with Crippen LogP contribution in [0, 0.1) is 0 Å². The van der Waals surface area contributed by atoms with E-state index >= 15 is 0 Å². The molecule has 0 saturated heterocycles. The minimum absolute atomic E-state index is 0.246. The monoisotopic (exact) mass is 263 g/mol. The Labute approximate surface area is 109 Å². The molecule has 7 heteroatoms. The Balaban J connectivity index is 1.54. The summed E-state index contributed by atoms with van der Waals surface area (Å²) in [6.07, 6.45) is 0.529. The zero-order chi connectivity index (χ0) is 13.1. The van der Waals surface area contributed by atoms with E-state index in [4.69, 9.17) is 24.4 Å². The Bertz CT molecular complexity index is 570. The maximum atomic E-state index is 5.58. The molecule has 0 atom stereocenters. The molecular formula is C12H13N3O4. The summed E-state index contributed by atoms with van der Waals surface area (Å²) < 4.78 is 21.3. The van der Waals surface area contributed by atoms with Crippen LogP contribution in [0.3, 0.4) is 0 Å². The molecule has 2 N–H and O–H groups in total. The Morgan fingerprint density at radius 2 is 2.00 bits per heavy atom. The van der Waals surface area contributed by atoms with Crippen molar-refractivity contribution in [3.8, 4) is 17.2 Å². The number of ether oxygens (including phenoxy) is 3. The van der Waals surface area contributed by atoms with Gasteiger partial charge >= 0.3 is 0 Å². The molecule has 0 unspecified atom stereocenters. The summed E-state index contributed by atoms with van der Waals surface area (Å²) in [6.45, 7) is 0.935. The molecule has 0 spiro atoms. The van der Waals surface area contributed by atoms with Crippen molar-refractivity contribution in [2.24, 2.45) is 5.73 Å². The molecule has 1 aromatic carbocycles. The lowest BCUT2D eigenvalue weighted by Gasteiger charge is -2.05. The van der Waals surface area contributed by atoms with E-state index in [1.165, 1.54) is 0 Å². The third-order valence-electron chi connectivity index (χ3n) is 2.61. The molecule has 2 aromatic rings. The number of nitrogens with two attached hydrogens (primary N) is 1. The second-order valence-corrected chi connectivity index (χ2v) is 3.91. The van der Waals surface area contributed by atoms with Crippen molar-refractivity contribution in [2.75, 3.05) is 13.4 Å². The standard InChI is InChI=1S/C12H13N3O4/c13-6-12-15-14-11(19-12)3-4-16-8-1-2-9-10(5-8)18-7-17-9/h1-2,5H,3-4,6-7,13H2. The van der Waals surface area contributed by atoms with Gasteiger partial charge in [-0.25, -0.2) is 0 Å². The van der Waals surface area contributed by atoms with Gasteiger partial charge in [0.1, 0.15) is 5.75 Å². The lowest BCUT2D eigenvalue weighted by molar-refractivity contribution is 0.173. The third kappa shape index (κ3) is 2.60. The molecule has 19 heavy (non-hydrogen) atoms. The molecule has 1 aromatic heterocycles. The van der Waals surface area contributed by atoms with Crippen molar-refractivity contribution in [1.82, 2.24) is 10.2 Å². The van der Waals surface area contributed by atoms with Crippen LogP contribution in [0.4, 0.5) is 0 Å². The second kappa shape index (κ2) is 5.15. The van der Waals surface area contributed by atoms with Crippen LogP contribution in [-0.4, -0.2) is 23.6 Å². The number of aromatic nitrogens is 2. The number of fused-ring (bicyclic) bond motifs is 1. The number of nitrogens with zero attached hydrogens (tertiary/aromatic N) is 2. The van der Waals surface area contributed by atoms with Crippen LogP contribution < -0.4 is 19.9 Å². The van der Waals surface area contributed by atoms with Crippen LogP contribution in [0.15, 0.2) is 22.6 Å². The molecule has 0 radical (unpaired) electrons. The van der Waals surface area contributed by atoms with Crippen molar-refractivity contribution in [1.29, 1.82) is 0 Å². The summed E-state index contributed by atoms with van der Waals surface area (Å²) in [5.74, 6) is 3.08. The average Bonchev–Trinajstić information content (AvgIpc) is 3.06. The fourth-order valence-electron chi connectivity index (χ4n) is 1.69. The summed E-state index contributed by atoms with van der Waals surface area (Å²) in [5, 5.41) is 7.63. The van der Waals surface area contributed by atoms with Crippen molar-refractivity contribution in [3.63, 3.8) is 0 Å². The molecule has 0 saturated carbocycles. The van der Waals surface area contributed by atoms with Gasteiger partial charge in [-0.2, -0.15) is 0 Å². The normalized spacial score (nSPS) is 12.7.